The van der Waals surface area contributed by atoms with Crippen LogP contribution in [0.2, 0.25) is 0 Å². The van der Waals surface area contributed by atoms with Gasteiger partial charge in [0.15, 0.2) is 6.10 Å². The molecule has 2 heterocycles. The smallest absolute Gasteiger partial charge is 0.459 e. The highest BCUT2D eigenvalue weighted by atomic mass is 31.2. The van der Waals surface area contributed by atoms with Crippen molar-refractivity contribution in [2.45, 2.75) is 63.8 Å². The van der Waals surface area contributed by atoms with Gasteiger partial charge in [0.25, 0.3) is 0 Å². The van der Waals surface area contributed by atoms with Crippen molar-refractivity contribution < 1.29 is 41.8 Å². The van der Waals surface area contributed by atoms with Crippen LogP contribution in [0.5, 0.6) is 5.75 Å². The lowest BCUT2D eigenvalue weighted by molar-refractivity contribution is -0.146. The average Bonchev–Trinajstić information content (AvgIpc) is 3.19. The quantitative estimate of drug-likeness (QED) is 0.188. The third kappa shape index (κ3) is 8.24. The summed E-state index contributed by atoms with van der Waals surface area (Å²) < 4.78 is 66.1. The second-order valence-electron chi connectivity index (χ2n) is 10.1. The van der Waals surface area contributed by atoms with Crippen molar-refractivity contribution >= 4 is 19.5 Å². The zero-order valence-electron chi connectivity index (χ0n) is 23.6. The van der Waals surface area contributed by atoms with Gasteiger partial charge >= 0.3 is 25.3 Å². The predicted molar refractivity (Wildman–Crippen MR) is 152 cm³/mol. The number of hydrogen-bond donors (Lipinski definition) is 3. The molecule has 5 atom stereocenters. The van der Waals surface area contributed by atoms with E-state index in [1.54, 1.807) is 42.5 Å². The summed E-state index contributed by atoms with van der Waals surface area (Å²) in [6.45, 7) is 4.08. The minimum absolute atomic E-state index is 0.0439. The van der Waals surface area contributed by atoms with Gasteiger partial charge in [0.05, 0.1) is 6.61 Å². The van der Waals surface area contributed by atoms with Gasteiger partial charge in [-0.2, -0.15) is 18.9 Å². The van der Waals surface area contributed by atoms with Gasteiger partial charge in [0.2, 0.25) is 6.23 Å². The lowest BCUT2D eigenvalue weighted by atomic mass is 10.1. The maximum Gasteiger partial charge on any atom is 0.459 e. The molecule has 1 aliphatic rings. The van der Waals surface area contributed by atoms with E-state index in [9.17, 15) is 19.3 Å². The normalized spacial score (nSPS) is 21.6. The number of rotatable bonds is 13. The van der Waals surface area contributed by atoms with E-state index in [-0.39, 0.29) is 24.2 Å². The maximum absolute atomic E-state index is 15.1. The van der Waals surface area contributed by atoms with Crippen LogP contribution in [0.3, 0.4) is 0 Å². The minimum Gasteiger partial charge on any atom is -0.460 e. The Balaban J connectivity index is 1.47. The van der Waals surface area contributed by atoms with Crippen molar-refractivity contribution in [1.29, 1.82) is 0 Å². The lowest BCUT2D eigenvalue weighted by Crippen LogP contribution is -2.42. The van der Waals surface area contributed by atoms with Crippen LogP contribution in [0.25, 0.3) is 0 Å². The Hall–Kier alpha value is -3.68. The number of para-hydroxylation sites is 1. The van der Waals surface area contributed by atoms with Gasteiger partial charge in [-0.1, -0.05) is 48.5 Å². The third-order valence-electron chi connectivity index (χ3n) is 6.21. The Bertz CT molecular complexity index is 1480. The van der Waals surface area contributed by atoms with Crippen LogP contribution in [-0.2, 0) is 30.0 Å². The summed E-state index contributed by atoms with van der Waals surface area (Å²) in [5, 5.41) is 15.8. The number of aliphatic hydroxyl groups is 1. The number of nitrogens with one attached hydrogen (secondary N) is 2. The first-order valence-electron chi connectivity index (χ1n) is 13.4. The molecule has 0 spiro atoms. The van der Waals surface area contributed by atoms with Crippen LogP contribution in [0.15, 0.2) is 77.7 Å². The number of esters is 1. The number of carbonyl (C=O) groups excluding carboxylic acids is 1. The fraction of sp³-hybridized carbons (Fsp3) is 0.393. The molecule has 2 aromatic carbocycles. The van der Waals surface area contributed by atoms with E-state index in [2.05, 4.69) is 15.4 Å². The van der Waals surface area contributed by atoms with Crippen molar-refractivity contribution in [1.82, 2.24) is 14.6 Å². The molecule has 2 unspecified atom stereocenters. The number of anilines is 1. The Labute approximate surface area is 246 Å². The van der Waals surface area contributed by atoms with E-state index in [4.69, 9.17) is 18.5 Å². The molecule has 0 bridgehead atoms. The van der Waals surface area contributed by atoms with Crippen LogP contribution in [0.1, 0.15) is 32.6 Å². The van der Waals surface area contributed by atoms with Gasteiger partial charge in [-0.3, -0.25) is 13.9 Å². The molecular weight excluding hydrogens is 589 g/mol. The molecule has 43 heavy (non-hydrogen) atoms. The number of aliphatic hydroxyl groups excluding tert-OH is 1. The first-order valence-corrected chi connectivity index (χ1v) is 15.0. The first-order chi connectivity index (χ1) is 20.4. The van der Waals surface area contributed by atoms with E-state index in [1.807, 2.05) is 19.9 Å². The van der Waals surface area contributed by atoms with Gasteiger partial charge in [-0.15, -0.1) is 0 Å². The van der Waals surface area contributed by atoms with Crippen LogP contribution in [0.4, 0.5) is 14.6 Å². The molecule has 0 amide bonds. The fourth-order valence-electron chi connectivity index (χ4n) is 4.10. The molecule has 232 valence electrons. The van der Waals surface area contributed by atoms with E-state index in [1.165, 1.54) is 25.1 Å². The highest BCUT2D eigenvalue weighted by molar-refractivity contribution is 7.52. The number of alkyl halides is 2. The molecule has 15 heteroatoms. The van der Waals surface area contributed by atoms with Crippen molar-refractivity contribution in [2.75, 3.05) is 11.9 Å². The molecule has 1 fully saturated rings. The van der Waals surface area contributed by atoms with Crippen molar-refractivity contribution in [3.63, 3.8) is 0 Å². The van der Waals surface area contributed by atoms with E-state index < -0.39 is 56.4 Å². The monoisotopic (exact) mass is 622 g/mol. The summed E-state index contributed by atoms with van der Waals surface area (Å²) in [5.41, 5.74) is -0.308. The summed E-state index contributed by atoms with van der Waals surface area (Å²) in [5.74, 6) is -4.46. The number of nitrogens with zero attached hydrogens (tertiary/aromatic N) is 2. The molecule has 0 aliphatic carbocycles. The molecular formula is C28H33F2N4O8P. The number of aromatic nitrogens is 2. The third-order valence-corrected chi connectivity index (χ3v) is 7.85. The molecule has 3 aromatic rings. The van der Waals surface area contributed by atoms with Crippen LogP contribution < -0.4 is 20.6 Å². The average molecular weight is 623 g/mol. The lowest BCUT2D eigenvalue weighted by Gasteiger charge is -2.24. The van der Waals surface area contributed by atoms with E-state index in [0.29, 0.717) is 4.57 Å². The minimum atomic E-state index is -4.47. The summed E-state index contributed by atoms with van der Waals surface area (Å²) >= 11 is 0. The van der Waals surface area contributed by atoms with Gasteiger partial charge in [0.1, 0.15) is 30.3 Å². The Kier molecular flexibility index (Phi) is 10.3. The SMILES string of the molecule is CC(C)Nc1ccn([C@@H]2O[C@H](COP(=O)(NC(C)C(=O)OCc3ccccc3)Oc3ccccc3)[C@@H](O)C2(F)F)c(=O)n1. The number of hydrogen-bond acceptors (Lipinski definition) is 10. The molecule has 1 aliphatic heterocycles. The summed E-state index contributed by atoms with van der Waals surface area (Å²) in [6, 6.07) is 16.7. The Morgan fingerprint density at radius 3 is 2.40 bits per heavy atom. The Morgan fingerprint density at radius 2 is 1.77 bits per heavy atom. The number of benzene rings is 2. The van der Waals surface area contributed by atoms with Crippen molar-refractivity contribution in [3.8, 4) is 5.75 Å². The largest absolute Gasteiger partial charge is 0.460 e. The van der Waals surface area contributed by atoms with Gasteiger partial charge in [-0.25, -0.2) is 9.36 Å². The maximum atomic E-state index is 15.1. The first kappa shape index (κ1) is 32.2. The molecule has 3 N–H and O–H groups in total. The van der Waals surface area contributed by atoms with E-state index in [0.717, 1.165) is 11.8 Å². The summed E-state index contributed by atoms with van der Waals surface area (Å²) in [6.07, 6.45) is -5.34. The number of carbonyl (C=O) groups is 1. The van der Waals surface area contributed by atoms with Crippen LogP contribution in [0, 0.1) is 0 Å². The Morgan fingerprint density at radius 1 is 1.12 bits per heavy atom. The van der Waals surface area contributed by atoms with Gasteiger partial charge in [0, 0.05) is 12.2 Å². The number of ether oxygens (including phenoxy) is 2. The second-order valence-corrected chi connectivity index (χ2v) is 11.8. The standard InChI is InChI=1S/C28H33F2N4O8P/c1-18(2)31-23-14-15-34(27(37)32-23)26-28(29,30)24(35)22(41-26)17-40-43(38,42-21-12-8-5-9-13-21)33-19(3)25(36)39-16-20-10-6-4-7-11-20/h4-15,18-19,22,24,26,35H,16-17H2,1-3H3,(H,33,38)(H,31,32,37)/t19?,22-,24-,26-,43?/m1/s1. The summed E-state index contributed by atoms with van der Waals surface area (Å²) in [4.78, 5) is 28.9. The molecule has 4 rings (SSSR count). The molecule has 1 saturated heterocycles. The number of halogens is 2. The van der Waals surface area contributed by atoms with E-state index >= 15 is 8.78 Å². The highest BCUT2D eigenvalue weighted by Gasteiger charge is 2.60. The molecule has 0 saturated carbocycles. The predicted octanol–water partition coefficient (Wildman–Crippen LogP) is 3.88. The fourth-order valence-corrected chi connectivity index (χ4v) is 5.60. The van der Waals surface area contributed by atoms with Crippen molar-refractivity contribution in [3.05, 3.63) is 89.0 Å². The van der Waals surface area contributed by atoms with Gasteiger partial charge in [-0.05, 0) is 44.5 Å². The molecule has 1 aromatic heterocycles. The topological polar surface area (TPSA) is 150 Å². The highest BCUT2D eigenvalue weighted by Crippen LogP contribution is 2.48. The van der Waals surface area contributed by atoms with Gasteiger partial charge < -0.3 is 24.4 Å². The molecule has 0 radical (unpaired) electrons. The van der Waals surface area contributed by atoms with Crippen LogP contribution in [-0.4, -0.2) is 57.4 Å². The zero-order valence-corrected chi connectivity index (χ0v) is 24.5. The zero-order chi connectivity index (χ0) is 31.2. The molecule has 12 nitrogen and oxygen atoms in total. The van der Waals surface area contributed by atoms with Crippen molar-refractivity contribution in [2.24, 2.45) is 0 Å². The second kappa shape index (κ2) is 13.7. The summed E-state index contributed by atoms with van der Waals surface area (Å²) in [7, 11) is -4.47. The van der Waals surface area contributed by atoms with Crippen LogP contribution >= 0.6 is 7.75 Å².